The summed E-state index contributed by atoms with van der Waals surface area (Å²) < 4.78 is 10.1. The summed E-state index contributed by atoms with van der Waals surface area (Å²) in [6.07, 6.45) is 2.30. The number of nitrogens with two attached hydrogens (primary N) is 1. The highest BCUT2D eigenvalue weighted by Gasteiger charge is 2.29. The van der Waals surface area contributed by atoms with Gasteiger partial charge in [-0.05, 0) is 12.8 Å². The van der Waals surface area contributed by atoms with Gasteiger partial charge in [0, 0.05) is 13.2 Å². The fourth-order valence-electron chi connectivity index (χ4n) is 1.34. The number of hydrogen-bond acceptors (Lipinski definition) is 6. The Kier molecular flexibility index (Phi) is 2.05. The Morgan fingerprint density at radius 1 is 1.54 bits per heavy atom. The molecule has 1 aromatic rings. The molecule has 0 atom stereocenters. The minimum Gasteiger partial charge on any atom is -0.390 e. The minimum atomic E-state index is 0.0881. The molecule has 6 nitrogen and oxygen atoms in total. The normalized spacial score (nSPS) is 26.8. The molecular weight excluding hydrogens is 172 g/mol. The van der Waals surface area contributed by atoms with E-state index in [-0.39, 0.29) is 6.01 Å². The molecule has 0 bridgehead atoms. The van der Waals surface area contributed by atoms with E-state index < -0.39 is 0 Å². The van der Waals surface area contributed by atoms with Crippen LogP contribution in [0.3, 0.4) is 0 Å². The number of hydrogen-bond donors (Lipinski definition) is 2. The number of methoxy groups -OCH3 is 1. The molecule has 1 fully saturated rings. The van der Waals surface area contributed by atoms with Crippen molar-refractivity contribution in [2.24, 2.45) is 0 Å². The second kappa shape index (κ2) is 3.21. The number of nitrogens with zero attached hydrogens (tertiary/aromatic N) is 2. The smallest absolute Gasteiger partial charge is 0.317 e. The van der Waals surface area contributed by atoms with E-state index >= 15 is 0 Å². The van der Waals surface area contributed by atoms with Crippen LogP contribution >= 0.6 is 0 Å². The van der Waals surface area contributed by atoms with Crippen LogP contribution in [0.2, 0.25) is 0 Å². The van der Waals surface area contributed by atoms with Crippen molar-refractivity contribution in [3.05, 3.63) is 0 Å². The zero-order valence-corrected chi connectivity index (χ0v) is 7.36. The Balaban J connectivity index is 1.81. The number of aromatic nitrogens is 2. The first-order chi connectivity index (χ1) is 6.28. The molecule has 0 saturated heterocycles. The van der Waals surface area contributed by atoms with Gasteiger partial charge in [0.2, 0.25) is 0 Å². The lowest BCUT2D eigenvalue weighted by atomic mass is 9.89. The molecule has 0 spiro atoms. The number of ether oxygens (including phenoxy) is 1. The molecule has 0 radical (unpaired) electrons. The molecule has 13 heavy (non-hydrogen) atoms. The predicted molar refractivity (Wildman–Crippen MR) is 46.2 cm³/mol. The largest absolute Gasteiger partial charge is 0.390 e. The van der Waals surface area contributed by atoms with Gasteiger partial charge in [-0.2, -0.15) is 0 Å². The van der Waals surface area contributed by atoms with Gasteiger partial charge in [-0.25, -0.2) is 0 Å². The Labute approximate surface area is 75.5 Å². The van der Waals surface area contributed by atoms with Gasteiger partial charge in [0.25, 0.3) is 0 Å². The Morgan fingerprint density at radius 3 is 2.85 bits per heavy atom. The standard InChI is InChI=1S/C7H12N4O2/c1-12-5-2-4(3-5)9-7-11-10-6(8)13-7/h4-5H,2-3H2,1H3,(H2,8,10)(H,9,11). The Morgan fingerprint density at radius 2 is 2.31 bits per heavy atom. The molecular formula is C7H12N4O2. The summed E-state index contributed by atoms with van der Waals surface area (Å²) in [5, 5.41) is 10.3. The second-order valence-electron chi connectivity index (χ2n) is 3.12. The number of nitrogens with one attached hydrogen (secondary N) is 1. The van der Waals surface area contributed by atoms with Crippen LogP contribution in [-0.4, -0.2) is 29.5 Å². The molecule has 1 aliphatic carbocycles. The first kappa shape index (κ1) is 8.31. The van der Waals surface area contributed by atoms with Crippen LogP contribution in [0.4, 0.5) is 12.0 Å². The molecule has 2 rings (SSSR count). The molecule has 6 heteroatoms. The van der Waals surface area contributed by atoms with E-state index in [1.807, 2.05) is 0 Å². The first-order valence-corrected chi connectivity index (χ1v) is 4.16. The SMILES string of the molecule is COC1CC(Nc2nnc(N)o2)C1. The van der Waals surface area contributed by atoms with Crippen LogP contribution < -0.4 is 11.1 Å². The van der Waals surface area contributed by atoms with Crippen molar-refractivity contribution < 1.29 is 9.15 Å². The van der Waals surface area contributed by atoms with Gasteiger partial charge in [-0.15, -0.1) is 0 Å². The van der Waals surface area contributed by atoms with Crippen LogP contribution in [0.5, 0.6) is 0 Å². The van der Waals surface area contributed by atoms with Gasteiger partial charge in [0.05, 0.1) is 6.10 Å². The summed E-state index contributed by atoms with van der Waals surface area (Å²) in [5.41, 5.74) is 5.26. The van der Waals surface area contributed by atoms with Crippen molar-refractivity contribution in [2.75, 3.05) is 18.2 Å². The van der Waals surface area contributed by atoms with Crippen molar-refractivity contribution in [1.82, 2.24) is 10.2 Å². The lowest BCUT2D eigenvalue weighted by Gasteiger charge is -2.33. The third-order valence-electron chi connectivity index (χ3n) is 2.20. The van der Waals surface area contributed by atoms with Gasteiger partial charge in [-0.1, -0.05) is 10.2 Å². The first-order valence-electron chi connectivity index (χ1n) is 4.16. The summed E-state index contributed by atoms with van der Waals surface area (Å²) in [5.74, 6) is 0. The third-order valence-corrected chi connectivity index (χ3v) is 2.20. The number of nitrogen functional groups attached to an aromatic ring is 1. The molecule has 0 aromatic carbocycles. The molecule has 72 valence electrons. The van der Waals surface area contributed by atoms with Crippen LogP contribution in [-0.2, 0) is 4.74 Å². The van der Waals surface area contributed by atoms with Crippen LogP contribution in [0.15, 0.2) is 4.42 Å². The maximum Gasteiger partial charge on any atom is 0.317 e. The third kappa shape index (κ3) is 1.72. The molecule has 1 saturated carbocycles. The van der Waals surface area contributed by atoms with E-state index in [9.17, 15) is 0 Å². The lowest BCUT2D eigenvalue weighted by molar-refractivity contribution is 0.0323. The van der Waals surface area contributed by atoms with E-state index in [0.29, 0.717) is 18.2 Å². The summed E-state index contributed by atoms with van der Waals surface area (Å²) >= 11 is 0. The highest BCUT2D eigenvalue weighted by molar-refractivity contribution is 5.25. The van der Waals surface area contributed by atoms with Crippen molar-refractivity contribution in [3.8, 4) is 0 Å². The van der Waals surface area contributed by atoms with Crippen LogP contribution in [0, 0.1) is 0 Å². The van der Waals surface area contributed by atoms with E-state index in [2.05, 4.69) is 15.5 Å². The zero-order valence-electron chi connectivity index (χ0n) is 7.36. The fraction of sp³-hybridized carbons (Fsp3) is 0.714. The van der Waals surface area contributed by atoms with Crippen molar-refractivity contribution in [3.63, 3.8) is 0 Å². The van der Waals surface area contributed by atoms with Gasteiger partial charge in [0.15, 0.2) is 0 Å². The van der Waals surface area contributed by atoms with Crippen molar-refractivity contribution in [2.45, 2.75) is 25.0 Å². The van der Waals surface area contributed by atoms with E-state index in [4.69, 9.17) is 14.9 Å². The summed E-state index contributed by atoms with van der Waals surface area (Å²) in [4.78, 5) is 0. The van der Waals surface area contributed by atoms with Gasteiger partial charge in [0.1, 0.15) is 0 Å². The van der Waals surface area contributed by atoms with Crippen molar-refractivity contribution in [1.29, 1.82) is 0 Å². The van der Waals surface area contributed by atoms with Gasteiger partial charge < -0.3 is 20.2 Å². The van der Waals surface area contributed by atoms with Crippen molar-refractivity contribution >= 4 is 12.0 Å². The monoisotopic (exact) mass is 184 g/mol. The number of rotatable bonds is 3. The summed E-state index contributed by atoms with van der Waals surface area (Å²) in [6, 6.07) is 0.840. The van der Waals surface area contributed by atoms with E-state index in [0.717, 1.165) is 12.8 Å². The van der Waals surface area contributed by atoms with E-state index in [1.54, 1.807) is 7.11 Å². The van der Waals surface area contributed by atoms with Gasteiger partial charge >= 0.3 is 12.0 Å². The number of anilines is 2. The lowest BCUT2D eigenvalue weighted by Crippen LogP contribution is -2.40. The quantitative estimate of drug-likeness (QED) is 0.699. The topological polar surface area (TPSA) is 86.2 Å². The molecule has 1 aliphatic rings. The molecule has 0 unspecified atom stereocenters. The average molecular weight is 184 g/mol. The predicted octanol–water partition coefficient (Wildman–Crippen LogP) is 0.241. The maximum atomic E-state index is 5.26. The molecule has 3 N–H and O–H groups in total. The summed E-state index contributed by atoms with van der Waals surface area (Å²) in [7, 11) is 1.71. The molecule has 0 aliphatic heterocycles. The van der Waals surface area contributed by atoms with Crippen LogP contribution in [0.25, 0.3) is 0 Å². The molecule has 1 heterocycles. The molecule has 1 aromatic heterocycles. The second-order valence-corrected chi connectivity index (χ2v) is 3.12. The highest BCUT2D eigenvalue weighted by atomic mass is 16.5. The highest BCUT2D eigenvalue weighted by Crippen LogP contribution is 2.25. The Hall–Kier alpha value is -1.30. The zero-order chi connectivity index (χ0) is 9.26. The maximum absolute atomic E-state index is 5.26. The fourth-order valence-corrected chi connectivity index (χ4v) is 1.34. The van der Waals surface area contributed by atoms with E-state index in [1.165, 1.54) is 0 Å². The summed E-state index contributed by atoms with van der Waals surface area (Å²) in [6.45, 7) is 0. The minimum absolute atomic E-state index is 0.0881. The van der Waals surface area contributed by atoms with Crippen LogP contribution in [0.1, 0.15) is 12.8 Å². The van der Waals surface area contributed by atoms with Gasteiger partial charge in [-0.3, -0.25) is 0 Å². The Bertz CT molecular complexity index is 282. The average Bonchev–Trinajstić information content (AvgIpc) is 2.43. The molecule has 0 amide bonds.